The summed E-state index contributed by atoms with van der Waals surface area (Å²) in [5.74, 6) is -0.249. The SMILES string of the molecule is CCOC(=O)CNCCc1cn(C(C)=O)c2ccccc12. The number of esters is 1. The number of para-hydroxylation sites is 1. The fourth-order valence-electron chi connectivity index (χ4n) is 2.34. The number of aromatic nitrogens is 1. The van der Waals surface area contributed by atoms with Crippen molar-refractivity contribution in [2.24, 2.45) is 0 Å². The van der Waals surface area contributed by atoms with E-state index in [0.717, 1.165) is 22.9 Å². The van der Waals surface area contributed by atoms with Crippen LogP contribution in [0, 0.1) is 0 Å². The Hall–Kier alpha value is -2.14. The van der Waals surface area contributed by atoms with E-state index in [1.54, 1.807) is 18.4 Å². The Bertz CT molecular complexity index is 646. The second-order valence-electron chi connectivity index (χ2n) is 4.79. The van der Waals surface area contributed by atoms with Crippen molar-refractivity contribution in [1.29, 1.82) is 0 Å². The van der Waals surface area contributed by atoms with Gasteiger partial charge in [0.2, 0.25) is 5.91 Å². The first-order chi connectivity index (χ1) is 10.1. The molecule has 5 heteroatoms. The monoisotopic (exact) mass is 288 g/mol. The number of nitrogens with zero attached hydrogens (tertiary/aromatic N) is 1. The number of nitrogens with one attached hydrogen (secondary N) is 1. The van der Waals surface area contributed by atoms with Crippen LogP contribution in [0.1, 0.15) is 24.2 Å². The van der Waals surface area contributed by atoms with E-state index < -0.39 is 0 Å². The smallest absolute Gasteiger partial charge is 0.319 e. The van der Waals surface area contributed by atoms with E-state index in [-0.39, 0.29) is 18.4 Å². The van der Waals surface area contributed by atoms with Crippen LogP contribution in [0.5, 0.6) is 0 Å². The first kappa shape index (κ1) is 15.3. The van der Waals surface area contributed by atoms with Crippen molar-refractivity contribution in [2.75, 3.05) is 19.7 Å². The van der Waals surface area contributed by atoms with E-state index in [0.29, 0.717) is 13.2 Å². The molecular weight excluding hydrogens is 268 g/mol. The number of carbonyl (C=O) groups excluding carboxylic acids is 2. The number of benzene rings is 1. The molecule has 1 N–H and O–H groups in total. The standard InChI is InChI=1S/C16H20N2O3/c1-3-21-16(20)10-17-9-8-13-11-18(12(2)19)15-7-5-4-6-14(13)15/h4-7,11,17H,3,8-10H2,1-2H3. The van der Waals surface area contributed by atoms with E-state index in [1.165, 1.54) is 0 Å². The average molecular weight is 288 g/mol. The van der Waals surface area contributed by atoms with Gasteiger partial charge in [-0.15, -0.1) is 0 Å². The molecule has 0 saturated heterocycles. The zero-order chi connectivity index (χ0) is 15.2. The number of ether oxygens (including phenoxy) is 1. The lowest BCUT2D eigenvalue weighted by Crippen LogP contribution is -2.26. The van der Waals surface area contributed by atoms with Gasteiger partial charge in [0, 0.05) is 18.5 Å². The van der Waals surface area contributed by atoms with Crippen LogP contribution in [0.4, 0.5) is 0 Å². The van der Waals surface area contributed by atoms with Gasteiger partial charge in [0.1, 0.15) is 0 Å². The summed E-state index contributed by atoms with van der Waals surface area (Å²) in [6, 6.07) is 7.83. The Balaban J connectivity index is 2.02. The summed E-state index contributed by atoms with van der Waals surface area (Å²) in [4.78, 5) is 22.9. The molecule has 2 rings (SSSR count). The van der Waals surface area contributed by atoms with Crippen LogP contribution in [-0.2, 0) is 16.0 Å². The third kappa shape index (κ3) is 3.70. The van der Waals surface area contributed by atoms with Crippen molar-refractivity contribution in [3.05, 3.63) is 36.0 Å². The highest BCUT2D eigenvalue weighted by Gasteiger charge is 2.10. The van der Waals surface area contributed by atoms with Crippen LogP contribution in [0.2, 0.25) is 0 Å². The minimum absolute atomic E-state index is 0.00284. The average Bonchev–Trinajstić information content (AvgIpc) is 2.83. The van der Waals surface area contributed by atoms with E-state index in [2.05, 4.69) is 5.32 Å². The van der Waals surface area contributed by atoms with Crippen molar-refractivity contribution in [2.45, 2.75) is 20.3 Å². The summed E-state index contributed by atoms with van der Waals surface area (Å²) in [7, 11) is 0. The maximum Gasteiger partial charge on any atom is 0.319 e. The maximum absolute atomic E-state index is 11.7. The normalized spacial score (nSPS) is 10.8. The predicted molar refractivity (Wildman–Crippen MR) is 81.4 cm³/mol. The molecule has 2 aromatic rings. The lowest BCUT2D eigenvalue weighted by molar-refractivity contribution is -0.141. The quantitative estimate of drug-likeness (QED) is 0.652. The fourth-order valence-corrected chi connectivity index (χ4v) is 2.34. The number of rotatable bonds is 6. The molecule has 0 aliphatic heterocycles. The molecule has 0 radical (unpaired) electrons. The topological polar surface area (TPSA) is 60.3 Å². The minimum atomic E-state index is -0.247. The van der Waals surface area contributed by atoms with E-state index >= 15 is 0 Å². The Morgan fingerprint density at radius 3 is 2.76 bits per heavy atom. The first-order valence-electron chi connectivity index (χ1n) is 7.09. The maximum atomic E-state index is 11.7. The van der Waals surface area contributed by atoms with Gasteiger partial charge in [-0.1, -0.05) is 18.2 Å². The molecular formula is C16H20N2O3. The molecule has 0 amide bonds. The van der Waals surface area contributed by atoms with Crippen LogP contribution in [0.15, 0.2) is 30.5 Å². The number of hydrogen-bond acceptors (Lipinski definition) is 4. The number of carbonyl (C=O) groups is 2. The number of fused-ring (bicyclic) bond motifs is 1. The zero-order valence-electron chi connectivity index (χ0n) is 12.4. The Morgan fingerprint density at radius 2 is 2.05 bits per heavy atom. The summed E-state index contributed by atoms with van der Waals surface area (Å²) in [6.45, 7) is 4.60. The Kier molecular flexibility index (Phi) is 5.11. The van der Waals surface area contributed by atoms with E-state index in [1.807, 2.05) is 30.5 Å². The van der Waals surface area contributed by atoms with Gasteiger partial charge in [-0.2, -0.15) is 0 Å². The Labute approximate surface area is 123 Å². The van der Waals surface area contributed by atoms with Crippen molar-refractivity contribution >= 4 is 22.8 Å². The summed E-state index contributed by atoms with van der Waals surface area (Å²) in [5, 5.41) is 4.13. The van der Waals surface area contributed by atoms with Gasteiger partial charge in [0.25, 0.3) is 0 Å². The molecule has 21 heavy (non-hydrogen) atoms. The van der Waals surface area contributed by atoms with Gasteiger partial charge < -0.3 is 10.1 Å². The third-order valence-corrected chi connectivity index (χ3v) is 3.28. The van der Waals surface area contributed by atoms with E-state index in [4.69, 9.17) is 4.74 Å². The summed E-state index contributed by atoms with van der Waals surface area (Å²) >= 11 is 0. The molecule has 0 aliphatic carbocycles. The lowest BCUT2D eigenvalue weighted by Gasteiger charge is -2.04. The predicted octanol–water partition coefficient (Wildman–Crippen LogP) is 2.00. The minimum Gasteiger partial charge on any atom is -0.465 e. The molecule has 0 spiro atoms. The fraction of sp³-hybridized carbons (Fsp3) is 0.375. The van der Waals surface area contributed by atoms with Crippen molar-refractivity contribution in [1.82, 2.24) is 9.88 Å². The summed E-state index contributed by atoms with van der Waals surface area (Å²) < 4.78 is 6.51. The van der Waals surface area contributed by atoms with Crippen molar-refractivity contribution in [3.63, 3.8) is 0 Å². The van der Waals surface area contributed by atoms with Gasteiger partial charge in [-0.3, -0.25) is 14.2 Å². The lowest BCUT2D eigenvalue weighted by atomic mass is 10.1. The van der Waals surface area contributed by atoms with E-state index in [9.17, 15) is 9.59 Å². The van der Waals surface area contributed by atoms with Crippen LogP contribution < -0.4 is 5.32 Å². The highest BCUT2D eigenvalue weighted by Crippen LogP contribution is 2.21. The van der Waals surface area contributed by atoms with Crippen molar-refractivity contribution in [3.8, 4) is 0 Å². The molecule has 0 bridgehead atoms. The van der Waals surface area contributed by atoms with Crippen molar-refractivity contribution < 1.29 is 14.3 Å². The highest BCUT2D eigenvalue weighted by molar-refractivity contribution is 5.93. The molecule has 0 saturated carbocycles. The van der Waals surface area contributed by atoms with Crippen LogP contribution >= 0.6 is 0 Å². The van der Waals surface area contributed by atoms with Gasteiger partial charge in [-0.05, 0) is 31.5 Å². The second kappa shape index (κ2) is 7.04. The first-order valence-corrected chi connectivity index (χ1v) is 7.09. The van der Waals surface area contributed by atoms with Gasteiger partial charge in [0.05, 0.1) is 18.7 Å². The van der Waals surface area contributed by atoms with Crippen LogP contribution in [0.25, 0.3) is 10.9 Å². The molecule has 5 nitrogen and oxygen atoms in total. The van der Waals surface area contributed by atoms with Crippen LogP contribution in [0.3, 0.4) is 0 Å². The molecule has 0 aliphatic rings. The highest BCUT2D eigenvalue weighted by atomic mass is 16.5. The molecule has 1 aromatic heterocycles. The third-order valence-electron chi connectivity index (χ3n) is 3.28. The van der Waals surface area contributed by atoms with Gasteiger partial charge >= 0.3 is 5.97 Å². The van der Waals surface area contributed by atoms with Gasteiger partial charge in [0.15, 0.2) is 0 Å². The summed E-state index contributed by atoms with van der Waals surface area (Å²) in [5.41, 5.74) is 2.02. The molecule has 1 aromatic carbocycles. The summed E-state index contributed by atoms with van der Waals surface area (Å²) in [6.07, 6.45) is 2.62. The zero-order valence-corrected chi connectivity index (χ0v) is 12.4. The second-order valence-corrected chi connectivity index (χ2v) is 4.79. The molecule has 0 unspecified atom stereocenters. The van der Waals surface area contributed by atoms with Gasteiger partial charge in [-0.25, -0.2) is 0 Å². The molecule has 1 heterocycles. The molecule has 0 fully saturated rings. The van der Waals surface area contributed by atoms with Crippen LogP contribution in [-0.4, -0.2) is 36.1 Å². The number of hydrogen-bond donors (Lipinski definition) is 1. The largest absolute Gasteiger partial charge is 0.465 e. The molecule has 112 valence electrons. The Morgan fingerprint density at radius 1 is 1.29 bits per heavy atom. The molecule has 0 atom stereocenters.